The summed E-state index contributed by atoms with van der Waals surface area (Å²) in [5.74, 6) is -0.387. The Morgan fingerprint density at radius 3 is 2.70 bits per heavy atom. The summed E-state index contributed by atoms with van der Waals surface area (Å²) < 4.78 is 6.73. The fraction of sp³-hybridized carbons (Fsp3) is 0.188. The van der Waals surface area contributed by atoms with Gasteiger partial charge < -0.3 is 15.0 Å². The third-order valence-electron chi connectivity index (χ3n) is 3.37. The average Bonchev–Trinajstić information content (AvgIpc) is 2.80. The molecule has 0 saturated heterocycles. The number of aryl methyl sites for hydroxylation is 1. The Balaban J connectivity index is 2.41. The average molecular weight is 314 g/mol. The number of ether oxygens (including phenoxy) is 1. The number of carbonyl (C=O) groups is 2. The van der Waals surface area contributed by atoms with Gasteiger partial charge in [0, 0.05) is 22.6 Å². The van der Waals surface area contributed by atoms with Crippen molar-refractivity contribution in [1.82, 2.24) is 9.99 Å². The first-order chi connectivity index (χ1) is 10.9. The van der Waals surface area contributed by atoms with E-state index in [1.54, 1.807) is 18.2 Å². The van der Waals surface area contributed by atoms with E-state index in [9.17, 15) is 9.59 Å². The van der Waals surface area contributed by atoms with Crippen LogP contribution in [0.1, 0.15) is 27.3 Å². The van der Waals surface area contributed by atoms with Gasteiger partial charge in [-0.2, -0.15) is 5.10 Å². The fourth-order valence-electron chi connectivity index (χ4n) is 2.37. The Bertz CT molecular complexity index is 778. The second-order valence-electron chi connectivity index (χ2n) is 4.94. The van der Waals surface area contributed by atoms with E-state index in [1.165, 1.54) is 13.3 Å². The predicted octanol–water partition coefficient (Wildman–Crippen LogP) is 1.88. The number of benzene rings is 1. The van der Waals surface area contributed by atoms with Gasteiger partial charge in [0.1, 0.15) is 0 Å². The number of hydrogen-bond acceptors (Lipinski definition) is 4. The number of nitrogens with two attached hydrogens (primary N) is 1. The lowest BCUT2D eigenvalue weighted by atomic mass is 10.2. The van der Waals surface area contributed by atoms with E-state index in [0.29, 0.717) is 5.56 Å². The number of rotatable bonds is 4. The summed E-state index contributed by atoms with van der Waals surface area (Å²) in [5.41, 5.74) is 11.2. The fourth-order valence-corrected chi connectivity index (χ4v) is 2.37. The summed E-state index contributed by atoms with van der Waals surface area (Å²) in [6.45, 7) is 3.86. The van der Waals surface area contributed by atoms with Gasteiger partial charge in [-0.3, -0.25) is 0 Å². The van der Waals surface area contributed by atoms with E-state index in [-0.39, 0.29) is 5.97 Å². The van der Waals surface area contributed by atoms with Gasteiger partial charge in [-0.05, 0) is 38.1 Å². The Morgan fingerprint density at radius 2 is 2.04 bits per heavy atom. The molecule has 0 aliphatic heterocycles. The molecule has 1 heterocycles. The maximum atomic E-state index is 11.7. The quantitative estimate of drug-likeness (QED) is 0.512. The molecule has 0 aliphatic carbocycles. The number of aromatic nitrogens is 1. The molecule has 0 unspecified atom stereocenters. The monoisotopic (exact) mass is 314 g/mol. The minimum absolute atomic E-state index is 0.387. The highest BCUT2D eigenvalue weighted by Crippen LogP contribution is 2.21. The number of urea groups is 1. The molecule has 0 aliphatic rings. The molecule has 0 atom stereocenters. The van der Waals surface area contributed by atoms with Crippen molar-refractivity contribution in [1.29, 1.82) is 0 Å². The number of nitrogens with one attached hydrogen (secondary N) is 1. The maximum absolute atomic E-state index is 11.7. The zero-order valence-corrected chi connectivity index (χ0v) is 13.2. The van der Waals surface area contributed by atoms with Gasteiger partial charge >= 0.3 is 12.0 Å². The topological polar surface area (TPSA) is 98.7 Å². The highest BCUT2D eigenvalue weighted by molar-refractivity contribution is 5.90. The molecule has 0 fully saturated rings. The van der Waals surface area contributed by atoms with Crippen molar-refractivity contribution >= 4 is 18.2 Å². The maximum Gasteiger partial charge on any atom is 0.337 e. The third-order valence-corrected chi connectivity index (χ3v) is 3.37. The normalized spacial score (nSPS) is 10.7. The van der Waals surface area contributed by atoms with Crippen LogP contribution in [-0.4, -0.2) is 29.9 Å². The van der Waals surface area contributed by atoms with Gasteiger partial charge in [0.2, 0.25) is 0 Å². The van der Waals surface area contributed by atoms with Crippen LogP contribution in [0.5, 0.6) is 0 Å². The van der Waals surface area contributed by atoms with E-state index in [1.807, 2.05) is 30.5 Å². The van der Waals surface area contributed by atoms with E-state index in [4.69, 9.17) is 10.5 Å². The molecule has 1 aromatic carbocycles. The molecule has 7 nitrogen and oxygen atoms in total. The van der Waals surface area contributed by atoms with Crippen molar-refractivity contribution < 1.29 is 14.3 Å². The SMILES string of the molecule is COC(=O)c1cccc(-n2c(C)cc(C=NNC(N)=O)c2C)c1. The molecule has 2 rings (SSSR count). The number of primary amides is 1. The van der Waals surface area contributed by atoms with Gasteiger partial charge in [-0.1, -0.05) is 6.07 Å². The molecule has 0 spiro atoms. The lowest BCUT2D eigenvalue weighted by molar-refractivity contribution is 0.0600. The Hall–Kier alpha value is -3.09. The van der Waals surface area contributed by atoms with Crippen molar-refractivity contribution in [3.63, 3.8) is 0 Å². The number of nitrogens with zero attached hydrogens (tertiary/aromatic N) is 2. The van der Waals surface area contributed by atoms with Gasteiger partial charge in [0.25, 0.3) is 0 Å². The molecule has 2 amide bonds. The number of carbonyl (C=O) groups excluding carboxylic acids is 2. The van der Waals surface area contributed by atoms with E-state index in [0.717, 1.165) is 22.6 Å². The van der Waals surface area contributed by atoms with Crippen LogP contribution in [0.4, 0.5) is 4.79 Å². The second-order valence-corrected chi connectivity index (χ2v) is 4.94. The number of esters is 1. The summed E-state index contributed by atoms with van der Waals surface area (Å²) in [6.07, 6.45) is 1.52. The smallest absolute Gasteiger partial charge is 0.337 e. The van der Waals surface area contributed by atoms with Gasteiger partial charge in [0.05, 0.1) is 18.9 Å². The van der Waals surface area contributed by atoms with Crippen LogP contribution in [-0.2, 0) is 4.74 Å². The summed E-state index contributed by atoms with van der Waals surface area (Å²) in [7, 11) is 1.35. The van der Waals surface area contributed by atoms with Gasteiger partial charge in [-0.25, -0.2) is 15.0 Å². The highest BCUT2D eigenvalue weighted by Gasteiger charge is 2.12. The minimum Gasteiger partial charge on any atom is -0.465 e. The van der Waals surface area contributed by atoms with E-state index >= 15 is 0 Å². The van der Waals surface area contributed by atoms with Crippen molar-refractivity contribution in [2.24, 2.45) is 10.8 Å². The third kappa shape index (κ3) is 3.57. The van der Waals surface area contributed by atoms with Crippen LogP contribution in [0.25, 0.3) is 5.69 Å². The Morgan fingerprint density at radius 1 is 1.30 bits per heavy atom. The molecule has 3 N–H and O–H groups in total. The van der Waals surface area contributed by atoms with E-state index in [2.05, 4.69) is 10.5 Å². The van der Waals surface area contributed by atoms with Gasteiger partial charge in [0.15, 0.2) is 0 Å². The van der Waals surface area contributed by atoms with E-state index < -0.39 is 6.03 Å². The van der Waals surface area contributed by atoms with Crippen LogP contribution >= 0.6 is 0 Å². The number of hydrogen-bond donors (Lipinski definition) is 2. The number of amides is 2. The van der Waals surface area contributed by atoms with Crippen molar-refractivity contribution in [2.75, 3.05) is 7.11 Å². The molecular formula is C16H18N4O3. The molecule has 7 heteroatoms. The molecule has 0 saturated carbocycles. The van der Waals surface area contributed by atoms with Crippen LogP contribution in [0.3, 0.4) is 0 Å². The largest absolute Gasteiger partial charge is 0.465 e. The highest BCUT2D eigenvalue weighted by atomic mass is 16.5. The summed E-state index contributed by atoms with van der Waals surface area (Å²) in [6, 6.07) is 8.35. The Labute approximate surface area is 133 Å². The van der Waals surface area contributed by atoms with Crippen molar-refractivity contribution in [3.8, 4) is 5.69 Å². The number of methoxy groups -OCH3 is 1. The summed E-state index contributed by atoms with van der Waals surface area (Å²) >= 11 is 0. The number of hydrazone groups is 1. The van der Waals surface area contributed by atoms with Gasteiger partial charge in [-0.15, -0.1) is 0 Å². The van der Waals surface area contributed by atoms with Crippen LogP contribution in [0.15, 0.2) is 35.4 Å². The van der Waals surface area contributed by atoms with Crippen LogP contribution in [0.2, 0.25) is 0 Å². The molecule has 0 bridgehead atoms. The molecule has 0 radical (unpaired) electrons. The summed E-state index contributed by atoms with van der Waals surface area (Å²) in [5, 5.41) is 3.77. The zero-order valence-electron chi connectivity index (χ0n) is 13.2. The molecule has 23 heavy (non-hydrogen) atoms. The molecule has 1 aromatic heterocycles. The molecular weight excluding hydrogens is 296 g/mol. The second kappa shape index (κ2) is 6.78. The van der Waals surface area contributed by atoms with Crippen LogP contribution in [0, 0.1) is 13.8 Å². The Kier molecular flexibility index (Phi) is 4.80. The lowest BCUT2D eigenvalue weighted by Gasteiger charge is -2.10. The standard InChI is InChI=1S/C16H18N4O3/c1-10-7-13(9-18-19-16(17)22)11(2)20(10)14-6-4-5-12(8-14)15(21)23-3/h4-9H,1-3H3,(H3,17,19,22). The zero-order chi connectivity index (χ0) is 17.0. The molecule has 2 aromatic rings. The first-order valence-electron chi connectivity index (χ1n) is 6.90. The molecule has 120 valence electrons. The first-order valence-corrected chi connectivity index (χ1v) is 6.90. The lowest BCUT2D eigenvalue weighted by Crippen LogP contribution is -2.24. The van der Waals surface area contributed by atoms with Crippen LogP contribution < -0.4 is 11.2 Å². The van der Waals surface area contributed by atoms with Crippen molar-refractivity contribution in [3.05, 3.63) is 52.8 Å². The first kappa shape index (κ1) is 16.3. The van der Waals surface area contributed by atoms with Crippen molar-refractivity contribution in [2.45, 2.75) is 13.8 Å². The minimum atomic E-state index is -0.721. The summed E-state index contributed by atoms with van der Waals surface area (Å²) in [4.78, 5) is 22.3. The predicted molar refractivity (Wildman–Crippen MR) is 86.9 cm³/mol.